The van der Waals surface area contributed by atoms with E-state index in [-0.39, 0.29) is 29.4 Å². The van der Waals surface area contributed by atoms with Crippen molar-refractivity contribution >= 4 is 5.91 Å². The zero-order valence-electron chi connectivity index (χ0n) is 18.5. The van der Waals surface area contributed by atoms with Crippen molar-refractivity contribution in [3.05, 3.63) is 76.2 Å². The second kappa shape index (κ2) is 8.34. The Morgan fingerprint density at radius 3 is 2.65 bits per heavy atom. The van der Waals surface area contributed by atoms with Gasteiger partial charge in [-0.05, 0) is 50.1 Å². The number of rotatable bonds is 4. The number of carbonyl (C=O) groups excluding carboxylic acids is 1. The minimum absolute atomic E-state index is 0.0943. The molecule has 1 saturated carbocycles. The summed E-state index contributed by atoms with van der Waals surface area (Å²) in [4.78, 5) is 32.1. The van der Waals surface area contributed by atoms with E-state index in [2.05, 4.69) is 4.98 Å². The van der Waals surface area contributed by atoms with Crippen LogP contribution in [0.4, 0.5) is 13.2 Å². The lowest BCUT2D eigenvalue weighted by Crippen LogP contribution is -2.49. The molecule has 1 aromatic carbocycles. The number of carbonyl (C=O) groups is 1. The van der Waals surface area contributed by atoms with Crippen molar-refractivity contribution in [1.82, 2.24) is 19.0 Å². The smallest absolute Gasteiger partial charge is 0.416 e. The number of ether oxygens (including phenoxy) is 1. The summed E-state index contributed by atoms with van der Waals surface area (Å²) < 4.78 is 47.9. The molecule has 0 radical (unpaired) electrons. The number of pyridine rings is 1. The first-order valence-corrected chi connectivity index (χ1v) is 11.1. The van der Waals surface area contributed by atoms with Gasteiger partial charge in [-0.2, -0.15) is 13.2 Å². The average Bonchev–Trinajstić information content (AvgIpc) is 3.43. The molecule has 2 atom stereocenters. The number of imidazole rings is 1. The van der Waals surface area contributed by atoms with Crippen LogP contribution in [0.2, 0.25) is 0 Å². The Morgan fingerprint density at radius 2 is 1.91 bits per heavy atom. The molecular weight excluding hydrogens is 449 g/mol. The Hall–Kier alpha value is -3.56. The number of hydrogen-bond donors (Lipinski definition) is 0. The third kappa shape index (κ3) is 4.08. The lowest BCUT2D eigenvalue weighted by Gasteiger charge is -2.34. The number of nitrogens with zero attached hydrogens (tertiary/aromatic N) is 4. The predicted octanol–water partition coefficient (Wildman–Crippen LogP) is 3.82. The molecule has 1 fully saturated rings. The first kappa shape index (κ1) is 22.2. The summed E-state index contributed by atoms with van der Waals surface area (Å²) in [5.41, 5.74) is 0.547. The maximum absolute atomic E-state index is 13.2. The summed E-state index contributed by atoms with van der Waals surface area (Å²) >= 11 is 0. The second-order valence-corrected chi connectivity index (χ2v) is 8.71. The number of benzene rings is 1. The molecule has 0 unspecified atom stereocenters. The van der Waals surface area contributed by atoms with Crippen molar-refractivity contribution in [2.24, 2.45) is 0 Å². The van der Waals surface area contributed by atoms with Crippen molar-refractivity contribution in [2.45, 2.75) is 51.1 Å². The second-order valence-electron chi connectivity index (χ2n) is 8.71. The van der Waals surface area contributed by atoms with E-state index >= 15 is 0 Å². The van der Waals surface area contributed by atoms with Gasteiger partial charge in [0, 0.05) is 31.7 Å². The Morgan fingerprint density at radius 1 is 1.09 bits per heavy atom. The van der Waals surface area contributed by atoms with Crippen LogP contribution in [-0.2, 0) is 12.7 Å². The highest BCUT2D eigenvalue weighted by Gasteiger charge is 2.37. The average molecular weight is 472 g/mol. The molecule has 5 rings (SSSR count). The molecule has 7 nitrogen and oxygen atoms in total. The molecule has 0 spiro atoms. The van der Waals surface area contributed by atoms with Gasteiger partial charge in [0.2, 0.25) is 0 Å². The molecule has 10 heteroatoms. The van der Waals surface area contributed by atoms with Gasteiger partial charge in [-0.15, -0.1) is 0 Å². The first-order valence-electron chi connectivity index (χ1n) is 11.1. The number of aryl methyl sites for hydroxylation is 1. The van der Waals surface area contributed by atoms with Gasteiger partial charge >= 0.3 is 6.18 Å². The van der Waals surface area contributed by atoms with Crippen LogP contribution >= 0.6 is 0 Å². The Bertz CT molecular complexity index is 1300. The van der Waals surface area contributed by atoms with Gasteiger partial charge in [0.15, 0.2) is 0 Å². The Labute approximate surface area is 193 Å². The predicted molar refractivity (Wildman–Crippen MR) is 117 cm³/mol. The molecular formula is C24H23F3N4O3. The highest BCUT2D eigenvalue weighted by atomic mass is 19.4. The molecule has 178 valence electrons. The van der Waals surface area contributed by atoms with Crippen molar-refractivity contribution in [1.29, 1.82) is 0 Å². The van der Waals surface area contributed by atoms with Gasteiger partial charge in [0.05, 0.1) is 17.6 Å². The summed E-state index contributed by atoms with van der Waals surface area (Å²) in [5.74, 6) is -0.0500. The fraction of sp³-hybridized carbons (Fsp3) is 0.375. The van der Waals surface area contributed by atoms with Gasteiger partial charge in [-0.3, -0.25) is 9.59 Å². The highest BCUT2D eigenvalue weighted by molar-refractivity contribution is 5.93. The Balaban J connectivity index is 1.29. The van der Waals surface area contributed by atoms with E-state index in [0.717, 1.165) is 17.8 Å². The van der Waals surface area contributed by atoms with Crippen molar-refractivity contribution < 1.29 is 22.7 Å². The van der Waals surface area contributed by atoms with E-state index in [1.54, 1.807) is 34.1 Å². The van der Waals surface area contributed by atoms with E-state index in [1.165, 1.54) is 16.7 Å². The highest BCUT2D eigenvalue weighted by Crippen LogP contribution is 2.34. The molecule has 34 heavy (non-hydrogen) atoms. The number of hydrogen-bond acceptors (Lipinski definition) is 4. The molecule has 1 aliphatic heterocycles. The first-order chi connectivity index (χ1) is 16.2. The van der Waals surface area contributed by atoms with Crippen LogP contribution in [0.5, 0.6) is 5.75 Å². The zero-order valence-corrected chi connectivity index (χ0v) is 18.5. The van der Waals surface area contributed by atoms with Crippen LogP contribution in [-0.4, -0.2) is 43.6 Å². The number of aromatic nitrogens is 3. The molecule has 0 N–H and O–H groups in total. The molecule has 2 aliphatic rings. The van der Waals surface area contributed by atoms with E-state index < -0.39 is 11.7 Å². The Kier molecular flexibility index (Phi) is 5.45. The zero-order chi connectivity index (χ0) is 24.0. The molecule has 1 aliphatic carbocycles. The van der Waals surface area contributed by atoms with Crippen LogP contribution in [0, 0.1) is 6.92 Å². The number of fused-ring (bicyclic) bond motifs is 1. The molecule has 1 amide bonds. The van der Waals surface area contributed by atoms with Crippen LogP contribution in [0.1, 0.15) is 41.0 Å². The van der Waals surface area contributed by atoms with E-state index in [0.29, 0.717) is 43.7 Å². The summed E-state index contributed by atoms with van der Waals surface area (Å²) in [6.45, 7) is 2.59. The minimum Gasteiger partial charge on any atom is -0.490 e. The molecule has 3 aromatic rings. The van der Waals surface area contributed by atoms with Gasteiger partial charge < -0.3 is 18.8 Å². The quantitative estimate of drug-likeness (QED) is 0.579. The van der Waals surface area contributed by atoms with Crippen LogP contribution in [0.3, 0.4) is 0 Å². The maximum Gasteiger partial charge on any atom is 0.416 e. The molecule has 0 bridgehead atoms. The van der Waals surface area contributed by atoms with Gasteiger partial charge in [-0.25, -0.2) is 4.98 Å². The topological polar surface area (TPSA) is 69.4 Å². The van der Waals surface area contributed by atoms with Gasteiger partial charge in [-0.1, -0.05) is 6.07 Å². The summed E-state index contributed by atoms with van der Waals surface area (Å²) in [7, 11) is 0. The van der Waals surface area contributed by atoms with Crippen LogP contribution in [0.15, 0.2) is 53.7 Å². The monoisotopic (exact) mass is 472 g/mol. The van der Waals surface area contributed by atoms with Gasteiger partial charge in [0.1, 0.15) is 23.2 Å². The minimum atomic E-state index is -4.43. The standard InChI is InChI=1S/C24H23F3N4O3/c1-15-13-29(14-28-15)20-7-8-21-23(33)30(9-10-31(21)22(20)32)17-5-6-19(12-17)34-18-4-2-3-16(11-18)24(25,26)27/h2-4,7-8,11,13-14,17,19H,5-6,9-10,12H2,1H3/t17-,19-/m0/s1. The fourth-order valence-electron chi connectivity index (χ4n) is 4.78. The summed E-state index contributed by atoms with van der Waals surface area (Å²) in [5, 5.41) is 0. The van der Waals surface area contributed by atoms with Crippen LogP contribution < -0.4 is 10.3 Å². The normalized spacial score (nSPS) is 20.5. The summed E-state index contributed by atoms with van der Waals surface area (Å²) in [6, 6.07) is 8.04. The lowest BCUT2D eigenvalue weighted by molar-refractivity contribution is -0.137. The van der Waals surface area contributed by atoms with E-state index in [1.807, 2.05) is 6.92 Å². The molecule has 2 aromatic heterocycles. The van der Waals surface area contributed by atoms with Crippen molar-refractivity contribution in [3.63, 3.8) is 0 Å². The number of amides is 1. The molecule has 0 saturated heterocycles. The maximum atomic E-state index is 13.2. The van der Waals surface area contributed by atoms with Crippen LogP contribution in [0.25, 0.3) is 5.69 Å². The van der Waals surface area contributed by atoms with Crippen molar-refractivity contribution in [2.75, 3.05) is 6.54 Å². The SMILES string of the molecule is Cc1cn(-c2ccc3n(c2=O)CCN([C@H]2CC[C@H](Oc4cccc(C(F)(F)F)c4)C2)C3=O)cn1. The number of halogens is 3. The molecule has 3 heterocycles. The summed E-state index contributed by atoms with van der Waals surface area (Å²) in [6.07, 6.45) is 0.459. The largest absolute Gasteiger partial charge is 0.490 e. The van der Waals surface area contributed by atoms with Crippen molar-refractivity contribution in [3.8, 4) is 11.4 Å². The fourth-order valence-corrected chi connectivity index (χ4v) is 4.78. The third-order valence-electron chi connectivity index (χ3n) is 6.45. The van der Waals surface area contributed by atoms with Gasteiger partial charge in [0.25, 0.3) is 11.5 Å². The van der Waals surface area contributed by atoms with E-state index in [9.17, 15) is 22.8 Å². The lowest BCUT2D eigenvalue weighted by atomic mass is 10.1. The number of alkyl halides is 3. The van der Waals surface area contributed by atoms with E-state index in [4.69, 9.17) is 4.74 Å². The third-order valence-corrected chi connectivity index (χ3v) is 6.45.